The number of phenolic OH excluding ortho intramolecular Hbond substituents is 2. The van der Waals surface area contributed by atoms with E-state index in [1.54, 1.807) is 0 Å². The fourth-order valence-electron chi connectivity index (χ4n) is 1.98. The van der Waals surface area contributed by atoms with E-state index in [1.807, 2.05) is 0 Å². The van der Waals surface area contributed by atoms with Crippen LogP contribution in [-0.2, 0) is 0 Å². The van der Waals surface area contributed by atoms with Gasteiger partial charge >= 0.3 is 0 Å². The largest absolute Gasteiger partial charge is 0.508 e. The van der Waals surface area contributed by atoms with E-state index >= 15 is 0 Å². The number of aromatic hydroxyl groups is 2. The summed E-state index contributed by atoms with van der Waals surface area (Å²) < 4.78 is 14.0. The summed E-state index contributed by atoms with van der Waals surface area (Å²) in [6.45, 7) is 0. The summed E-state index contributed by atoms with van der Waals surface area (Å²) in [6, 6.07) is 6.59. The third kappa shape index (κ3) is 1.52. The maximum absolute atomic E-state index is 13.9. The lowest BCUT2D eigenvalue weighted by molar-refractivity contribution is 0.471. The molecule has 0 fully saturated rings. The zero-order valence-electron chi connectivity index (χ0n) is 8.98. The van der Waals surface area contributed by atoms with Gasteiger partial charge in [0.05, 0.1) is 0 Å². The third-order valence-electron chi connectivity index (χ3n) is 2.73. The molecule has 3 rings (SSSR count). The monoisotopic (exact) mass is 262 g/mol. The van der Waals surface area contributed by atoms with Crippen molar-refractivity contribution in [2.45, 2.75) is 0 Å². The first-order valence-corrected chi connectivity index (χ1v) is 5.96. The van der Waals surface area contributed by atoms with Crippen molar-refractivity contribution in [3.05, 3.63) is 45.7 Å². The number of rotatable bonds is 0. The second kappa shape index (κ2) is 3.68. The van der Waals surface area contributed by atoms with Crippen molar-refractivity contribution in [2.24, 2.45) is 0 Å². The smallest absolute Gasteiger partial charge is 0.240 e. The Morgan fingerprint density at radius 1 is 1.00 bits per heavy atom. The average molecular weight is 262 g/mol. The van der Waals surface area contributed by atoms with Gasteiger partial charge in [-0.15, -0.1) is 0 Å². The molecule has 0 spiro atoms. The van der Waals surface area contributed by atoms with Crippen LogP contribution >= 0.6 is 11.3 Å². The molecule has 1 aromatic heterocycles. The second-order valence-corrected chi connectivity index (χ2v) is 4.93. The maximum atomic E-state index is 13.9. The Hall–Kier alpha value is -2.14. The Balaban J connectivity index is 2.65. The molecule has 0 aliphatic rings. The lowest BCUT2D eigenvalue weighted by Crippen LogP contribution is -1.96. The first-order valence-electron chi connectivity index (χ1n) is 5.14. The normalized spacial score (nSPS) is 11.2. The quantitative estimate of drug-likeness (QED) is 0.612. The molecule has 0 saturated carbocycles. The van der Waals surface area contributed by atoms with Crippen LogP contribution in [0, 0.1) is 5.82 Å². The summed E-state index contributed by atoms with van der Waals surface area (Å²) in [6.07, 6.45) is 0. The van der Waals surface area contributed by atoms with Gasteiger partial charge in [-0.2, -0.15) is 0 Å². The average Bonchev–Trinajstić information content (AvgIpc) is 2.29. The van der Waals surface area contributed by atoms with Crippen molar-refractivity contribution in [3.8, 4) is 11.5 Å². The summed E-state index contributed by atoms with van der Waals surface area (Å²) >= 11 is 0.842. The molecular formula is C13H7FO3S. The van der Waals surface area contributed by atoms with Crippen molar-refractivity contribution in [2.75, 3.05) is 0 Å². The summed E-state index contributed by atoms with van der Waals surface area (Å²) in [5.74, 6) is -0.837. The standard InChI is InChI=1S/C13H7FO3S/c14-10-4-7(16)5-11-12(10)8-2-1-6(15)3-9(8)13(17)18-11/h1-5,15-16H. The molecular weight excluding hydrogens is 255 g/mol. The van der Waals surface area contributed by atoms with Crippen LogP contribution in [0.3, 0.4) is 0 Å². The van der Waals surface area contributed by atoms with Gasteiger partial charge < -0.3 is 10.2 Å². The molecule has 5 heteroatoms. The van der Waals surface area contributed by atoms with Crippen LogP contribution < -0.4 is 4.74 Å². The summed E-state index contributed by atoms with van der Waals surface area (Å²) in [4.78, 5) is 11.9. The van der Waals surface area contributed by atoms with E-state index in [0.717, 1.165) is 17.4 Å². The Labute approximate surface area is 104 Å². The summed E-state index contributed by atoms with van der Waals surface area (Å²) in [5, 5.41) is 19.7. The van der Waals surface area contributed by atoms with Crippen molar-refractivity contribution in [1.29, 1.82) is 0 Å². The molecule has 0 radical (unpaired) electrons. The van der Waals surface area contributed by atoms with Crippen LogP contribution in [0.5, 0.6) is 11.5 Å². The van der Waals surface area contributed by atoms with Crippen molar-refractivity contribution >= 4 is 32.2 Å². The first kappa shape index (κ1) is 11.0. The Morgan fingerprint density at radius 2 is 1.78 bits per heavy atom. The molecule has 90 valence electrons. The Bertz CT molecular complexity index is 839. The molecule has 3 aromatic rings. The lowest BCUT2D eigenvalue weighted by Gasteiger charge is -2.05. The molecule has 0 bridgehead atoms. The topological polar surface area (TPSA) is 57.5 Å². The zero-order chi connectivity index (χ0) is 12.9. The van der Waals surface area contributed by atoms with E-state index in [4.69, 9.17) is 0 Å². The van der Waals surface area contributed by atoms with E-state index in [-0.39, 0.29) is 27.0 Å². The number of fused-ring (bicyclic) bond motifs is 3. The molecule has 0 atom stereocenters. The Kier molecular flexibility index (Phi) is 2.24. The lowest BCUT2D eigenvalue weighted by atomic mass is 10.1. The molecule has 3 nitrogen and oxygen atoms in total. The minimum atomic E-state index is -0.586. The third-order valence-corrected chi connectivity index (χ3v) is 3.68. The SMILES string of the molecule is O=c1sc2cc(O)cc(F)c2c2ccc(O)cc12. The zero-order valence-corrected chi connectivity index (χ0v) is 9.79. The highest BCUT2D eigenvalue weighted by Crippen LogP contribution is 2.32. The minimum absolute atomic E-state index is 0.0367. The number of phenols is 2. The van der Waals surface area contributed by atoms with Crippen LogP contribution in [0.2, 0.25) is 0 Å². The van der Waals surface area contributed by atoms with Gasteiger partial charge in [0, 0.05) is 21.5 Å². The van der Waals surface area contributed by atoms with Crippen LogP contribution in [-0.4, -0.2) is 10.2 Å². The van der Waals surface area contributed by atoms with Gasteiger partial charge in [-0.3, -0.25) is 4.79 Å². The number of hydrogen-bond acceptors (Lipinski definition) is 4. The molecule has 2 aromatic carbocycles. The highest BCUT2D eigenvalue weighted by Gasteiger charge is 2.11. The van der Waals surface area contributed by atoms with Gasteiger partial charge in [-0.05, 0) is 29.7 Å². The van der Waals surface area contributed by atoms with Gasteiger partial charge in [-0.25, -0.2) is 4.39 Å². The maximum Gasteiger partial charge on any atom is 0.240 e. The number of benzene rings is 2. The predicted molar refractivity (Wildman–Crippen MR) is 68.9 cm³/mol. The van der Waals surface area contributed by atoms with E-state index < -0.39 is 5.82 Å². The fourth-order valence-corrected chi connectivity index (χ4v) is 2.95. The fraction of sp³-hybridized carbons (Fsp3) is 0. The number of halogens is 1. The van der Waals surface area contributed by atoms with Crippen LogP contribution in [0.25, 0.3) is 20.9 Å². The van der Waals surface area contributed by atoms with Crippen LogP contribution in [0.4, 0.5) is 4.39 Å². The molecule has 0 saturated heterocycles. The van der Waals surface area contributed by atoms with Crippen molar-refractivity contribution in [1.82, 2.24) is 0 Å². The van der Waals surface area contributed by atoms with Crippen molar-refractivity contribution in [3.63, 3.8) is 0 Å². The molecule has 18 heavy (non-hydrogen) atoms. The highest BCUT2D eigenvalue weighted by atomic mass is 32.1. The van der Waals surface area contributed by atoms with E-state index in [1.165, 1.54) is 24.3 Å². The molecule has 2 N–H and O–H groups in total. The van der Waals surface area contributed by atoms with Gasteiger partial charge in [0.15, 0.2) is 0 Å². The summed E-state index contributed by atoms with van der Waals surface area (Å²) in [5.41, 5.74) is 0. The summed E-state index contributed by atoms with van der Waals surface area (Å²) in [7, 11) is 0. The van der Waals surface area contributed by atoms with Gasteiger partial charge in [-0.1, -0.05) is 11.3 Å². The van der Waals surface area contributed by atoms with Gasteiger partial charge in [0.1, 0.15) is 17.3 Å². The van der Waals surface area contributed by atoms with Crippen LogP contribution in [0.15, 0.2) is 35.1 Å². The van der Waals surface area contributed by atoms with Gasteiger partial charge in [0.2, 0.25) is 4.74 Å². The molecule has 0 aliphatic carbocycles. The molecule has 0 amide bonds. The van der Waals surface area contributed by atoms with E-state index in [2.05, 4.69) is 0 Å². The van der Waals surface area contributed by atoms with Crippen LogP contribution in [0.1, 0.15) is 0 Å². The predicted octanol–water partition coefficient (Wildman–Crippen LogP) is 2.97. The van der Waals surface area contributed by atoms with Gasteiger partial charge in [0.25, 0.3) is 0 Å². The highest BCUT2D eigenvalue weighted by molar-refractivity contribution is 7.17. The number of hydrogen-bond donors (Lipinski definition) is 2. The Morgan fingerprint density at radius 3 is 2.56 bits per heavy atom. The van der Waals surface area contributed by atoms with E-state index in [9.17, 15) is 19.4 Å². The minimum Gasteiger partial charge on any atom is -0.508 e. The van der Waals surface area contributed by atoms with Crippen molar-refractivity contribution < 1.29 is 14.6 Å². The molecule has 1 heterocycles. The van der Waals surface area contributed by atoms with E-state index in [0.29, 0.717) is 10.1 Å². The first-order chi connectivity index (χ1) is 8.56. The molecule has 0 aliphatic heterocycles. The second-order valence-electron chi connectivity index (χ2n) is 3.92. The molecule has 0 unspecified atom stereocenters.